The van der Waals surface area contributed by atoms with Crippen molar-refractivity contribution in [3.05, 3.63) is 28.2 Å². The number of benzene rings is 1. The second-order valence-corrected chi connectivity index (χ2v) is 5.67. The zero-order chi connectivity index (χ0) is 15.0. The maximum absolute atomic E-state index is 9.78. The molecule has 0 saturated heterocycles. The molecule has 1 unspecified atom stereocenters. The van der Waals surface area contributed by atoms with E-state index in [9.17, 15) is 10.2 Å². The third kappa shape index (κ3) is 6.22. The molecule has 0 heterocycles. The molecule has 0 spiro atoms. The van der Waals surface area contributed by atoms with Gasteiger partial charge in [-0.2, -0.15) is 0 Å². The van der Waals surface area contributed by atoms with E-state index >= 15 is 0 Å². The Morgan fingerprint density at radius 3 is 2.65 bits per heavy atom. The van der Waals surface area contributed by atoms with Crippen molar-refractivity contribution in [1.82, 2.24) is 0 Å². The number of rotatable bonds is 9. The zero-order valence-corrected chi connectivity index (χ0v) is 13.6. The van der Waals surface area contributed by atoms with Crippen LogP contribution in [-0.4, -0.2) is 36.1 Å². The second-order valence-electron chi connectivity index (χ2n) is 4.75. The molecule has 1 rings (SSSR count). The van der Waals surface area contributed by atoms with Gasteiger partial charge < -0.3 is 19.7 Å². The molecule has 0 aliphatic carbocycles. The van der Waals surface area contributed by atoms with Crippen molar-refractivity contribution in [2.24, 2.45) is 0 Å². The molecule has 2 atom stereocenters. The molecule has 1 aromatic rings. The van der Waals surface area contributed by atoms with Gasteiger partial charge in [0.25, 0.3) is 0 Å². The Morgan fingerprint density at radius 2 is 2.00 bits per heavy atom. The molecule has 0 amide bonds. The van der Waals surface area contributed by atoms with Crippen LogP contribution in [0.5, 0.6) is 5.75 Å². The molecule has 114 valence electrons. The Balaban J connectivity index is 2.46. The molecule has 0 aromatic heterocycles. The van der Waals surface area contributed by atoms with Crippen molar-refractivity contribution in [2.45, 2.75) is 38.9 Å². The summed E-state index contributed by atoms with van der Waals surface area (Å²) < 4.78 is 11.8. The summed E-state index contributed by atoms with van der Waals surface area (Å²) in [5, 5.41) is 19.5. The minimum atomic E-state index is -0.673. The number of aliphatic hydroxyl groups excluding tert-OH is 2. The van der Waals surface area contributed by atoms with Crippen LogP contribution >= 0.6 is 15.9 Å². The lowest BCUT2D eigenvalue weighted by Gasteiger charge is -2.16. The fourth-order valence-electron chi connectivity index (χ4n) is 1.68. The highest BCUT2D eigenvalue weighted by Gasteiger charge is 2.12. The normalized spacial score (nSPS) is 14.1. The van der Waals surface area contributed by atoms with Crippen LogP contribution in [-0.2, 0) is 4.74 Å². The van der Waals surface area contributed by atoms with Gasteiger partial charge in [-0.25, -0.2) is 0 Å². The van der Waals surface area contributed by atoms with Gasteiger partial charge in [0.15, 0.2) is 0 Å². The molecule has 0 aliphatic rings. The number of ether oxygens (including phenoxy) is 2. The van der Waals surface area contributed by atoms with E-state index in [2.05, 4.69) is 22.9 Å². The summed E-state index contributed by atoms with van der Waals surface area (Å²) in [6, 6.07) is 5.43. The van der Waals surface area contributed by atoms with Gasteiger partial charge in [0, 0.05) is 16.6 Å². The molecular formula is C15H23BrO4. The van der Waals surface area contributed by atoms with Crippen molar-refractivity contribution in [3.8, 4) is 5.75 Å². The van der Waals surface area contributed by atoms with E-state index < -0.39 is 12.2 Å². The van der Waals surface area contributed by atoms with Gasteiger partial charge in [0.05, 0.1) is 12.7 Å². The van der Waals surface area contributed by atoms with Gasteiger partial charge in [-0.15, -0.1) is 0 Å². The molecule has 20 heavy (non-hydrogen) atoms. The Kier molecular flexibility index (Phi) is 8.14. The lowest BCUT2D eigenvalue weighted by molar-refractivity contribution is 0.0107. The molecule has 5 heteroatoms. The van der Waals surface area contributed by atoms with E-state index in [-0.39, 0.29) is 13.2 Å². The molecule has 0 aliphatic heterocycles. The van der Waals surface area contributed by atoms with E-state index in [0.717, 1.165) is 17.3 Å². The van der Waals surface area contributed by atoms with Gasteiger partial charge in [-0.3, -0.25) is 0 Å². The van der Waals surface area contributed by atoms with Crippen molar-refractivity contribution in [3.63, 3.8) is 0 Å². The molecule has 0 fully saturated rings. The Hall–Kier alpha value is -0.620. The van der Waals surface area contributed by atoms with E-state index in [4.69, 9.17) is 9.47 Å². The quantitative estimate of drug-likeness (QED) is 0.674. The monoisotopic (exact) mass is 346 g/mol. The SMILES string of the molecule is CCCCOCC(O)COc1cc(Br)ccc1[C@@H](C)O. The third-order valence-corrected chi connectivity index (χ3v) is 3.30. The lowest BCUT2D eigenvalue weighted by atomic mass is 10.1. The van der Waals surface area contributed by atoms with Crippen molar-refractivity contribution in [1.29, 1.82) is 0 Å². The molecule has 1 aromatic carbocycles. The first-order valence-corrected chi connectivity index (χ1v) is 7.70. The number of halogens is 1. The second kappa shape index (κ2) is 9.34. The van der Waals surface area contributed by atoms with Gasteiger partial charge >= 0.3 is 0 Å². The highest BCUT2D eigenvalue weighted by molar-refractivity contribution is 9.10. The number of hydrogen-bond acceptors (Lipinski definition) is 4. The number of unbranched alkanes of at least 4 members (excludes halogenated alkanes) is 1. The predicted octanol–water partition coefficient (Wildman–Crippen LogP) is 3.06. The third-order valence-electron chi connectivity index (χ3n) is 2.81. The van der Waals surface area contributed by atoms with E-state index in [1.807, 2.05) is 6.07 Å². The fraction of sp³-hybridized carbons (Fsp3) is 0.600. The maximum Gasteiger partial charge on any atom is 0.126 e. The Morgan fingerprint density at radius 1 is 1.25 bits per heavy atom. The van der Waals surface area contributed by atoms with Gasteiger partial charge in [0.1, 0.15) is 18.5 Å². The highest BCUT2D eigenvalue weighted by Crippen LogP contribution is 2.28. The molecule has 2 N–H and O–H groups in total. The van der Waals surface area contributed by atoms with E-state index in [0.29, 0.717) is 17.9 Å². The minimum absolute atomic E-state index is 0.141. The van der Waals surface area contributed by atoms with Gasteiger partial charge in [-0.1, -0.05) is 35.3 Å². The smallest absolute Gasteiger partial charge is 0.126 e. The summed E-state index contributed by atoms with van der Waals surface area (Å²) in [6.45, 7) is 4.83. The van der Waals surface area contributed by atoms with Crippen molar-refractivity contribution >= 4 is 15.9 Å². The van der Waals surface area contributed by atoms with E-state index in [1.54, 1.807) is 19.1 Å². The Labute approximate surface area is 128 Å². The largest absolute Gasteiger partial charge is 0.490 e. The Bertz CT molecular complexity index is 395. The molecule has 0 saturated carbocycles. The van der Waals surface area contributed by atoms with Crippen LogP contribution in [0.4, 0.5) is 0 Å². The summed E-state index contributed by atoms with van der Waals surface area (Å²) in [4.78, 5) is 0. The average Bonchev–Trinajstić information content (AvgIpc) is 2.41. The first-order chi connectivity index (χ1) is 9.54. The van der Waals surface area contributed by atoms with Crippen LogP contribution < -0.4 is 4.74 Å². The van der Waals surface area contributed by atoms with E-state index in [1.165, 1.54) is 0 Å². The zero-order valence-electron chi connectivity index (χ0n) is 12.0. The highest BCUT2D eigenvalue weighted by atomic mass is 79.9. The standard InChI is InChI=1S/C15H23BrO4/c1-3-4-7-19-9-13(18)10-20-15-8-12(16)5-6-14(15)11(2)17/h5-6,8,11,13,17-18H,3-4,7,9-10H2,1-2H3/t11-,13?/m1/s1. The van der Waals surface area contributed by atoms with Gasteiger partial charge in [0.2, 0.25) is 0 Å². The van der Waals surface area contributed by atoms with Crippen LogP contribution in [0.3, 0.4) is 0 Å². The van der Waals surface area contributed by atoms with Crippen LogP contribution in [0.25, 0.3) is 0 Å². The predicted molar refractivity (Wildman–Crippen MR) is 82.0 cm³/mol. The maximum atomic E-state index is 9.78. The van der Waals surface area contributed by atoms with Gasteiger partial charge in [-0.05, 0) is 25.5 Å². The van der Waals surface area contributed by atoms with Crippen molar-refractivity contribution in [2.75, 3.05) is 19.8 Å². The summed E-state index contributed by atoms with van der Waals surface area (Å²) in [5.41, 5.74) is 0.701. The summed E-state index contributed by atoms with van der Waals surface area (Å²) in [7, 11) is 0. The summed E-state index contributed by atoms with van der Waals surface area (Å²) in [6.07, 6.45) is 0.775. The van der Waals surface area contributed by atoms with Crippen LogP contribution in [0.1, 0.15) is 38.4 Å². The minimum Gasteiger partial charge on any atom is -0.490 e. The number of hydrogen-bond donors (Lipinski definition) is 2. The first-order valence-electron chi connectivity index (χ1n) is 6.90. The molecule has 0 radical (unpaired) electrons. The van der Waals surface area contributed by atoms with Crippen LogP contribution in [0.15, 0.2) is 22.7 Å². The average molecular weight is 347 g/mol. The first kappa shape index (κ1) is 17.4. The molecule has 0 bridgehead atoms. The van der Waals surface area contributed by atoms with Crippen LogP contribution in [0, 0.1) is 0 Å². The summed E-state index contributed by atoms with van der Waals surface area (Å²) >= 11 is 3.36. The fourth-order valence-corrected chi connectivity index (χ4v) is 2.02. The van der Waals surface area contributed by atoms with Crippen LogP contribution in [0.2, 0.25) is 0 Å². The molecular weight excluding hydrogens is 324 g/mol. The number of aliphatic hydroxyl groups is 2. The van der Waals surface area contributed by atoms with Crippen molar-refractivity contribution < 1.29 is 19.7 Å². The molecule has 4 nitrogen and oxygen atoms in total. The topological polar surface area (TPSA) is 58.9 Å². The summed E-state index contributed by atoms with van der Waals surface area (Å²) in [5.74, 6) is 0.571. The lowest BCUT2D eigenvalue weighted by Crippen LogP contribution is -2.24.